The molecule has 3 N–H and O–H groups in total. The number of ether oxygens (including phenoxy) is 1. The SMILES string of the molecule is COc1cccc(/C=N\NC(=O)C(=O)Nc2cccc(C)c2)c1Nc1ccccc1C. The summed E-state index contributed by atoms with van der Waals surface area (Å²) in [6, 6.07) is 20.5. The van der Waals surface area contributed by atoms with E-state index in [1.807, 2.05) is 62.4 Å². The summed E-state index contributed by atoms with van der Waals surface area (Å²) in [5.41, 5.74) is 7.14. The molecule has 3 rings (SSSR count). The van der Waals surface area contributed by atoms with Crippen LogP contribution in [-0.2, 0) is 9.59 Å². The van der Waals surface area contributed by atoms with Crippen molar-refractivity contribution in [1.29, 1.82) is 0 Å². The Bertz CT molecular complexity index is 1130. The summed E-state index contributed by atoms with van der Waals surface area (Å²) in [5.74, 6) is -1.04. The molecule has 0 aliphatic heterocycles. The van der Waals surface area contributed by atoms with Crippen LogP contribution >= 0.6 is 0 Å². The van der Waals surface area contributed by atoms with E-state index in [1.54, 1.807) is 25.3 Å². The second-order valence-electron chi connectivity index (χ2n) is 6.89. The van der Waals surface area contributed by atoms with Crippen LogP contribution in [0.15, 0.2) is 71.8 Å². The lowest BCUT2D eigenvalue weighted by atomic mass is 10.1. The van der Waals surface area contributed by atoms with Crippen LogP contribution in [-0.4, -0.2) is 25.1 Å². The highest BCUT2D eigenvalue weighted by Crippen LogP contribution is 2.31. The number of carbonyl (C=O) groups excluding carboxylic acids is 2. The van der Waals surface area contributed by atoms with E-state index in [1.165, 1.54) is 6.21 Å². The van der Waals surface area contributed by atoms with Crippen molar-refractivity contribution in [2.45, 2.75) is 13.8 Å². The van der Waals surface area contributed by atoms with Gasteiger partial charge in [-0.05, 0) is 49.2 Å². The molecule has 0 saturated carbocycles. The summed E-state index contributed by atoms with van der Waals surface area (Å²) in [5, 5.41) is 9.83. The number of anilines is 3. The topological polar surface area (TPSA) is 91.8 Å². The van der Waals surface area contributed by atoms with Crippen molar-refractivity contribution >= 4 is 35.1 Å². The number of carbonyl (C=O) groups is 2. The fraction of sp³-hybridized carbons (Fsp3) is 0.125. The number of hydrogen-bond donors (Lipinski definition) is 3. The average molecular weight is 416 g/mol. The number of aryl methyl sites for hydroxylation is 2. The van der Waals surface area contributed by atoms with E-state index in [0.717, 1.165) is 16.8 Å². The fourth-order valence-corrected chi connectivity index (χ4v) is 2.93. The van der Waals surface area contributed by atoms with Gasteiger partial charge in [0.05, 0.1) is 19.0 Å². The molecule has 158 valence electrons. The van der Waals surface area contributed by atoms with Crippen molar-refractivity contribution in [3.8, 4) is 5.75 Å². The highest BCUT2D eigenvalue weighted by Gasteiger charge is 2.13. The first-order valence-corrected chi connectivity index (χ1v) is 9.68. The van der Waals surface area contributed by atoms with Gasteiger partial charge >= 0.3 is 11.8 Å². The van der Waals surface area contributed by atoms with E-state index in [0.29, 0.717) is 22.7 Å². The van der Waals surface area contributed by atoms with Crippen molar-refractivity contribution in [2.24, 2.45) is 5.10 Å². The first kappa shape index (κ1) is 21.6. The predicted octanol–water partition coefficient (Wildman–Crippen LogP) is 4.14. The number of amides is 2. The van der Waals surface area contributed by atoms with Crippen LogP contribution in [0.25, 0.3) is 0 Å². The van der Waals surface area contributed by atoms with Crippen LogP contribution in [0.2, 0.25) is 0 Å². The first-order chi connectivity index (χ1) is 15.0. The number of para-hydroxylation sites is 2. The number of rotatable bonds is 6. The van der Waals surface area contributed by atoms with E-state index in [-0.39, 0.29) is 0 Å². The van der Waals surface area contributed by atoms with Gasteiger partial charge in [0, 0.05) is 16.9 Å². The van der Waals surface area contributed by atoms with E-state index >= 15 is 0 Å². The van der Waals surface area contributed by atoms with Crippen LogP contribution in [0.3, 0.4) is 0 Å². The van der Waals surface area contributed by atoms with Crippen LogP contribution < -0.4 is 20.8 Å². The maximum Gasteiger partial charge on any atom is 0.329 e. The summed E-state index contributed by atoms with van der Waals surface area (Å²) >= 11 is 0. The van der Waals surface area contributed by atoms with Gasteiger partial charge in [0.1, 0.15) is 5.75 Å². The zero-order valence-corrected chi connectivity index (χ0v) is 17.6. The highest BCUT2D eigenvalue weighted by molar-refractivity contribution is 6.39. The standard InChI is InChI=1S/C24H24N4O3/c1-16-8-6-11-19(14-16)26-23(29)24(30)28-25-15-18-10-7-13-21(31-3)22(18)27-20-12-5-4-9-17(20)2/h4-15,27H,1-3H3,(H,26,29)(H,28,30)/b25-15-. The Morgan fingerprint density at radius 3 is 2.45 bits per heavy atom. The Morgan fingerprint density at radius 2 is 1.71 bits per heavy atom. The zero-order valence-electron chi connectivity index (χ0n) is 17.6. The smallest absolute Gasteiger partial charge is 0.329 e. The second-order valence-corrected chi connectivity index (χ2v) is 6.89. The summed E-state index contributed by atoms with van der Waals surface area (Å²) in [7, 11) is 1.58. The molecule has 0 saturated heterocycles. The third-order valence-electron chi connectivity index (χ3n) is 4.54. The molecule has 0 heterocycles. The van der Waals surface area contributed by atoms with Crippen molar-refractivity contribution in [1.82, 2.24) is 5.43 Å². The van der Waals surface area contributed by atoms with Crippen molar-refractivity contribution in [3.05, 3.63) is 83.4 Å². The van der Waals surface area contributed by atoms with E-state index in [2.05, 4.69) is 21.2 Å². The zero-order chi connectivity index (χ0) is 22.2. The number of benzene rings is 3. The molecule has 7 heteroatoms. The van der Waals surface area contributed by atoms with Gasteiger partial charge in [0.15, 0.2) is 0 Å². The van der Waals surface area contributed by atoms with Gasteiger partial charge in [-0.25, -0.2) is 5.43 Å². The molecular weight excluding hydrogens is 392 g/mol. The molecule has 2 amide bonds. The largest absolute Gasteiger partial charge is 0.495 e. The van der Waals surface area contributed by atoms with Gasteiger partial charge in [-0.2, -0.15) is 5.10 Å². The Morgan fingerprint density at radius 1 is 0.935 bits per heavy atom. The summed E-state index contributed by atoms with van der Waals surface area (Å²) in [6.45, 7) is 3.90. The van der Waals surface area contributed by atoms with Crippen LogP contribution in [0.5, 0.6) is 5.75 Å². The third-order valence-corrected chi connectivity index (χ3v) is 4.54. The maximum atomic E-state index is 12.1. The molecular formula is C24H24N4O3. The number of methoxy groups -OCH3 is 1. The quantitative estimate of drug-likeness (QED) is 0.320. The average Bonchev–Trinajstić information content (AvgIpc) is 2.76. The molecule has 3 aromatic carbocycles. The molecule has 3 aromatic rings. The third kappa shape index (κ3) is 5.70. The summed E-state index contributed by atoms with van der Waals surface area (Å²) in [4.78, 5) is 24.2. The van der Waals surface area contributed by atoms with Gasteiger partial charge in [0.2, 0.25) is 0 Å². The minimum absolute atomic E-state index is 0.543. The van der Waals surface area contributed by atoms with E-state index < -0.39 is 11.8 Å². The molecule has 0 radical (unpaired) electrons. The van der Waals surface area contributed by atoms with Crippen molar-refractivity contribution < 1.29 is 14.3 Å². The van der Waals surface area contributed by atoms with Gasteiger partial charge in [-0.1, -0.05) is 42.5 Å². The Balaban J connectivity index is 1.72. The molecule has 0 fully saturated rings. The molecule has 31 heavy (non-hydrogen) atoms. The molecule has 0 unspecified atom stereocenters. The Hall–Kier alpha value is -4.13. The molecule has 0 spiro atoms. The molecule has 0 aliphatic rings. The van der Waals surface area contributed by atoms with Crippen LogP contribution in [0, 0.1) is 13.8 Å². The van der Waals surface area contributed by atoms with E-state index in [9.17, 15) is 9.59 Å². The van der Waals surface area contributed by atoms with Crippen molar-refractivity contribution in [3.63, 3.8) is 0 Å². The van der Waals surface area contributed by atoms with Crippen molar-refractivity contribution in [2.75, 3.05) is 17.7 Å². The first-order valence-electron chi connectivity index (χ1n) is 9.68. The molecule has 0 aliphatic carbocycles. The van der Waals surface area contributed by atoms with Gasteiger partial charge in [-0.15, -0.1) is 0 Å². The Kier molecular flexibility index (Phi) is 7.01. The number of nitrogens with one attached hydrogen (secondary N) is 3. The Labute approximate surface area is 181 Å². The monoisotopic (exact) mass is 416 g/mol. The summed E-state index contributed by atoms with van der Waals surface area (Å²) in [6.07, 6.45) is 1.46. The summed E-state index contributed by atoms with van der Waals surface area (Å²) < 4.78 is 5.46. The van der Waals surface area contributed by atoms with Crippen LogP contribution in [0.4, 0.5) is 17.1 Å². The molecule has 7 nitrogen and oxygen atoms in total. The molecule has 0 bridgehead atoms. The van der Waals surface area contributed by atoms with Crippen LogP contribution in [0.1, 0.15) is 16.7 Å². The number of nitrogens with zero attached hydrogens (tertiary/aromatic N) is 1. The number of hydrogen-bond acceptors (Lipinski definition) is 5. The van der Waals surface area contributed by atoms with E-state index in [4.69, 9.17) is 4.74 Å². The fourth-order valence-electron chi connectivity index (χ4n) is 2.93. The minimum atomic E-state index is -0.867. The normalized spacial score (nSPS) is 10.5. The predicted molar refractivity (Wildman–Crippen MR) is 123 cm³/mol. The lowest BCUT2D eigenvalue weighted by Gasteiger charge is -2.15. The maximum absolute atomic E-state index is 12.1. The lowest BCUT2D eigenvalue weighted by Crippen LogP contribution is -2.32. The number of hydrazone groups is 1. The lowest BCUT2D eigenvalue weighted by molar-refractivity contribution is -0.136. The van der Waals surface area contributed by atoms with Gasteiger partial charge < -0.3 is 15.4 Å². The second kappa shape index (κ2) is 10.1. The van der Waals surface area contributed by atoms with Gasteiger partial charge in [-0.3, -0.25) is 9.59 Å². The minimum Gasteiger partial charge on any atom is -0.495 e. The molecule has 0 aromatic heterocycles. The molecule has 0 atom stereocenters. The van der Waals surface area contributed by atoms with Gasteiger partial charge in [0.25, 0.3) is 0 Å². The highest BCUT2D eigenvalue weighted by atomic mass is 16.5.